The molecule has 1 saturated heterocycles. The lowest BCUT2D eigenvalue weighted by atomic mass is 10.2. The molecular weight excluding hydrogens is 270 g/mol. The monoisotopic (exact) mass is 293 g/mol. The number of anilines is 1. The summed E-state index contributed by atoms with van der Waals surface area (Å²) in [5, 5.41) is 0. The topological polar surface area (TPSA) is 49.6 Å². The molecule has 2 rings (SSSR count). The summed E-state index contributed by atoms with van der Waals surface area (Å²) in [6.07, 6.45) is 2.80. The summed E-state index contributed by atoms with van der Waals surface area (Å²) < 4.78 is 0. The molecule has 0 aliphatic carbocycles. The van der Waals surface area contributed by atoms with Gasteiger partial charge in [-0.15, -0.1) is 0 Å². The number of para-hydroxylation sites is 1. The van der Waals surface area contributed by atoms with E-state index in [1.807, 2.05) is 29.4 Å². The van der Waals surface area contributed by atoms with Gasteiger partial charge in [-0.3, -0.25) is 4.79 Å². The van der Waals surface area contributed by atoms with Crippen molar-refractivity contribution < 1.29 is 4.79 Å². The van der Waals surface area contributed by atoms with Gasteiger partial charge in [-0.2, -0.15) is 11.8 Å². The Labute approximate surface area is 125 Å². The fraction of sp³-hybridized carbons (Fsp3) is 0.533. The van der Waals surface area contributed by atoms with Crippen LogP contribution < -0.4 is 10.6 Å². The third-order valence-electron chi connectivity index (χ3n) is 3.66. The van der Waals surface area contributed by atoms with Gasteiger partial charge in [-0.25, -0.2) is 0 Å². The van der Waals surface area contributed by atoms with Crippen LogP contribution in [0.15, 0.2) is 30.3 Å². The van der Waals surface area contributed by atoms with E-state index in [1.54, 1.807) is 11.8 Å². The molecule has 0 radical (unpaired) electrons. The lowest BCUT2D eigenvalue weighted by Crippen LogP contribution is -2.53. The van der Waals surface area contributed by atoms with Gasteiger partial charge < -0.3 is 15.5 Å². The first-order valence-electron chi connectivity index (χ1n) is 7.05. The molecule has 0 saturated carbocycles. The van der Waals surface area contributed by atoms with Crippen LogP contribution in [0.1, 0.15) is 6.42 Å². The Morgan fingerprint density at radius 1 is 1.25 bits per heavy atom. The molecule has 0 bridgehead atoms. The zero-order chi connectivity index (χ0) is 14.4. The van der Waals surface area contributed by atoms with Crippen LogP contribution in [0.3, 0.4) is 0 Å². The first-order chi connectivity index (χ1) is 9.72. The molecule has 0 unspecified atom stereocenters. The van der Waals surface area contributed by atoms with Crippen LogP contribution in [0, 0.1) is 0 Å². The van der Waals surface area contributed by atoms with Crippen LogP contribution in [0.5, 0.6) is 0 Å². The van der Waals surface area contributed by atoms with E-state index < -0.39 is 0 Å². The van der Waals surface area contributed by atoms with Gasteiger partial charge in [0.2, 0.25) is 5.91 Å². The van der Waals surface area contributed by atoms with E-state index in [9.17, 15) is 4.79 Å². The molecule has 1 fully saturated rings. The molecule has 4 nitrogen and oxygen atoms in total. The molecule has 110 valence electrons. The lowest BCUT2D eigenvalue weighted by molar-refractivity contribution is -0.132. The second-order valence-electron chi connectivity index (χ2n) is 5.04. The van der Waals surface area contributed by atoms with Crippen molar-refractivity contribution in [2.75, 3.05) is 43.1 Å². The van der Waals surface area contributed by atoms with Gasteiger partial charge in [0.25, 0.3) is 0 Å². The average Bonchev–Trinajstić information content (AvgIpc) is 2.53. The molecule has 5 heteroatoms. The second-order valence-corrected chi connectivity index (χ2v) is 6.02. The third kappa shape index (κ3) is 3.90. The lowest BCUT2D eigenvalue weighted by Gasteiger charge is -2.37. The predicted molar refractivity (Wildman–Crippen MR) is 86.2 cm³/mol. The number of amides is 1. The van der Waals surface area contributed by atoms with Crippen molar-refractivity contribution in [1.82, 2.24) is 4.90 Å². The molecule has 1 aliphatic heterocycles. The Hall–Kier alpha value is -1.20. The van der Waals surface area contributed by atoms with E-state index in [1.165, 1.54) is 5.69 Å². The molecule has 1 atom stereocenters. The number of nitrogens with two attached hydrogens (primary N) is 1. The van der Waals surface area contributed by atoms with Crippen LogP contribution in [-0.2, 0) is 4.79 Å². The first kappa shape index (κ1) is 15.2. The fourth-order valence-corrected chi connectivity index (χ4v) is 2.92. The number of nitrogens with zero attached hydrogens (tertiary/aromatic N) is 2. The van der Waals surface area contributed by atoms with Crippen molar-refractivity contribution in [2.24, 2.45) is 5.73 Å². The van der Waals surface area contributed by atoms with Gasteiger partial charge in [0.1, 0.15) is 0 Å². The fourth-order valence-electron chi connectivity index (χ4n) is 2.43. The summed E-state index contributed by atoms with van der Waals surface area (Å²) in [6.45, 7) is 3.29. The molecule has 1 aromatic carbocycles. The van der Waals surface area contributed by atoms with Gasteiger partial charge in [0.05, 0.1) is 6.04 Å². The Bertz CT molecular complexity index is 418. The number of benzene rings is 1. The summed E-state index contributed by atoms with van der Waals surface area (Å²) in [6, 6.07) is 10.00. The van der Waals surface area contributed by atoms with Gasteiger partial charge >= 0.3 is 0 Å². The van der Waals surface area contributed by atoms with E-state index in [4.69, 9.17) is 5.73 Å². The van der Waals surface area contributed by atoms with Crippen LogP contribution in [-0.4, -0.2) is 55.0 Å². The van der Waals surface area contributed by atoms with E-state index in [0.717, 1.165) is 38.4 Å². The highest BCUT2D eigenvalue weighted by Gasteiger charge is 2.24. The van der Waals surface area contributed by atoms with E-state index in [-0.39, 0.29) is 11.9 Å². The van der Waals surface area contributed by atoms with Crippen molar-refractivity contribution in [3.63, 3.8) is 0 Å². The SMILES string of the molecule is CSCC[C@H](N)C(=O)N1CCN(c2ccccc2)CC1. The molecule has 1 amide bonds. The van der Waals surface area contributed by atoms with Crippen molar-refractivity contribution in [1.29, 1.82) is 0 Å². The number of thioether (sulfide) groups is 1. The number of piperazine rings is 1. The zero-order valence-corrected chi connectivity index (χ0v) is 12.8. The smallest absolute Gasteiger partial charge is 0.239 e. The summed E-state index contributed by atoms with van der Waals surface area (Å²) in [5.41, 5.74) is 7.19. The molecule has 0 aromatic heterocycles. The van der Waals surface area contributed by atoms with Crippen LogP contribution in [0.4, 0.5) is 5.69 Å². The van der Waals surface area contributed by atoms with E-state index in [2.05, 4.69) is 17.0 Å². The van der Waals surface area contributed by atoms with Gasteiger partial charge in [0.15, 0.2) is 0 Å². The van der Waals surface area contributed by atoms with Crippen molar-refractivity contribution in [3.05, 3.63) is 30.3 Å². The molecule has 1 heterocycles. The molecule has 0 spiro atoms. The van der Waals surface area contributed by atoms with E-state index in [0.29, 0.717) is 0 Å². The third-order valence-corrected chi connectivity index (χ3v) is 4.31. The van der Waals surface area contributed by atoms with Gasteiger partial charge in [-0.1, -0.05) is 18.2 Å². The first-order valence-corrected chi connectivity index (χ1v) is 8.45. The maximum Gasteiger partial charge on any atom is 0.239 e. The minimum Gasteiger partial charge on any atom is -0.368 e. The van der Waals surface area contributed by atoms with Crippen molar-refractivity contribution in [2.45, 2.75) is 12.5 Å². The Morgan fingerprint density at radius 3 is 2.50 bits per heavy atom. The highest BCUT2D eigenvalue weighted by molar-refractivity contribution is 7.98. The standard InChI is InChI=1S/C15H23N3OS/c1-20-12-7-14(16)15(19)18-10-8-17(9-11-18)13-5-3-2-4-6-13/h2-6,14H,7-12,16H2,1H3/t14-/m0/s1. The number of carbonyl (C=O) groups excluding carboxylic acids is 1. The molecule has 1 aliphatic rings. The minimum absolute atomic E-state index is 0.103. The number of rotatable bonds is 5. The van der Waals surface area contributed by atoms with Gasteiger partial charge in [0, 0.05) is 31.9 Å². The number of hydrogen-bond acceptors (Lipinski definition) is 4. The predicted octanol–water partition coefficient (Wildman–Crippen LogP) is 1.42. The maximum atomic E-state index is 12.2. The molecule has 1 aromatic rings. The largest absolute Gasteiger partial charge is 0.368 e. The molecule has 2 N–H and O–H groups in total. The van der Waals surface area contributed by atoms with Crippen LogP contribution in [0.25, 0.3) is 0 Å². The summed E-state index contributed by atoms with van der Waals surface area (Å²) in [4.78, 5) is 16.4. The Morgan fingerprint density at radius 2 is 1.90 bits per heavy atom. The van der Waals surface area contributed by atoms with Gasteiger partial charge in [-0.05, 0) is 30.6 Å². The maximum absolute atomic E-state index is 12.2. The Kier molecular flexibility index (Phi) is 5.73. The van der Waals surface area contributed by atoms with Crippen LogP contribution >= 0.6 is 11.8 Å². The quantitative estimate of drug-likeness (QED) is 0.892. The van der Waals surface area contributed by atoms with Crippen molar-refractivity contribution in [3.8, 4) is 0 Å². The van der Waals surface area contributed by atoms with Crippen molar-refractivity contribution >= 4 is 23.4 Å². The summed E-state index contributed by atoms with van der Waals surface area (Å²) in [7, 11) is 0. The van der Waals surface area contributed by atoms with Crippen LogP contribution in [0.2, 0.25) is 0 Å². The molecule has 20 heavy (non-hydrogen) atoms. The number of carbonyl (C=O) groups is 1. The zero-order valence-electron chi connectivity index (χ0n) is 12.0. The number of hydrogen-bond donors (Lipinski definition) is 1. The molecular formula is C15H23N3OS. The summed E-state index contributed by atoms with van der Waals surface area (Å²) in [5.74, 6) is 1.04. The Balaban J connectivity index is 1.83. The highest BCUT2D eigenvalue weighted by Crippen LogP contribution is 2.16. The second kappa shape index (κ2) is 7.55. The minimum atomic E-state index is -0.342. The normalized spacial score (nSPS) is 17.1. The summed E-state index contributed by atoms with van der Waals surface area (Å²) >= 11 is 1.73. The highest BCUT2D eigenvalue weighted by atomic mass is 32.2. The van der Waals surface area contributed by atoms with E-state index >= 15 is 0 Å². The average molecular weight is 293 g/mol.